The number of carbonyl (C=O) groups is 2. The molecule has 2 N–H and O–H groups in total. The molecule has 8 heteroatoms. The minimum absolute atomic E-state index is 0.0392. The van der Waals surface area contributed by atoms with E-state index >= 15 is 0 Å². The number of likely N-dealkylation sites (tertiary alicyclic amines) is 1. The predicted molar refractivity (Wildman–Crippen MR) is 119 cm³/mol. The van der Waals surface area contributed by atoms with Crippen molar-refractivity contribution in [3.05, 3.63) is 66.4 Å². The second kappa shape index (κ2) is 8.22. The van der Waals surface area contributed by atoms with E-state index in [0.717, 1.165) is 22.0 Å². The summed E-state index contributed by atoms with van der Waals surface area (Å²) in [6.07, 6.45) is 2.69. The van der Waals surface area contributed by atoms with Gasteiger partial charge >= 0.3 is 0 Å². The fourth-order valence-electron chi connectivity index (χ4n) is 4.17. The number of hydrogen-bond acceptors (Lipinski definition) is 5. The van der Waals surface area contributed by atoms with Gasteiger partial charge in [0.05, 0.1) is 7.11 Å². The van der Waals surface area contributed by atoms with Crippen molar-refractivity contribution in [1.82, 2.24) is 15.0 Å². The third-order valence-corrected chi connectivity index (χ3v) is 5.79. The van der Waals surface area contributed by atoms with E-state index in [9.17, 15) is 9.59 Å². The summed E-state index contributed by atoms with van der Waals surface area (Å²) in [5.74, 6) is 0.549. The molecule has 1 saturated heterocycles. The van der Waals surface area contributed by atoms with Crippen LogP contribution >= 0.6 is 0 Å². The Morgan fingerprint density at radius 1 is 1.25 bits per heavy atom. The molecule has 32 heavy (non-hydrogen) atoms. The molecule has 3 heterocycles. The van der Waals surface area contributed by atoms with Crippen LogP contribution in [-0.4, -0.2) is 40.0 Å². The van der Waals surface area contributed by atoms with E-state index in [0.29, 0.717) is 30.8 Å². The van der Waals surface area contributed by atoms with Crippen LogP contribution in [0.3, 0.4) is 0 Å². The molecule has 0 aliphatic carbocycles. The first-order valence-electron chi connectivity index (χ1n) is 10.4. The van der Waals surface area contributed by atoms with Gasteiger partial charge in [0, 0.05) is 41.7 Å². The summed E-state index contributed by atoms with van der Waals surface area (Å²) in [5.41, 5.74) is 3.29. The maximum absolute atomic E-state index is 13.0. The summed E-state index contributed by atoms with van der Waals surface area (Å²) < 4.78 is 10.7. The Bertz CT molecular complexity index is 1290. The number of rotatable bonds is 6. The molecular formula is C24H22N4O4. The highest BCUT2D eigenvalue weighted by molar-refractivity contribution is 5.98. The highest BCUT2D eigenvalue weighted by atomic mass is 16.5. The van der Waals surface area contributed by atoms with Gasteiger partial charge in [-0.25, -0.2) is 0 Å². The van der Waals surface area contributed by atoms with Crippen LogP contribution in [0.15, 0.2) is 65.3 Å². The molecule has 162 valence electrons. The number of hydrogen-bond donors (Lipinski definition) is 2. The van der Waals surface area contributed by atoms with Gasteiger partial charge in [0.15, 0.2) is 0 Å². The van der Waals surface area contributed by atoms with Crippen molar-refractivity contribution in [2.45, 2.75) is 25.4 Å². The summed E-state index contributed by atoms with van der Waals surface area (Å²) in [5, 5.41) is 7.86. The molecular weight excluding hydrogens is 408 g/mol. The van der Waals surface area contributed by atoms with Gasteiger partial charge in [-0.1, -0.05) is 35.5 Å². The summed E-state index contributed by atoms with van der Waals surface area (Å²) in [7, 11) is 1.58. The lowest BCUT2D eigenvalue weighted by molar-refractivity contribution is -0.133. The molecule has 8 nitrogen and oxygen atoms in total. The maximum atomic E-state index is 13.0. The first kappa shape index (κ1) is 19.9. The number of nitrogens with zero attached hydrogens (tertiary/aromatic N) is 2. The van der Waals surface area contributed by atoms with Crippen molar-refractivity contribution in [1.29, 1.82) is 0 Å². The molecule has 2 aromatic heterocycles. The molecule has 1 aliphatic heterocycles. The van der Waals surface area contributed by atoms with Crippen LogP contribution in [0, 0.1) is 0 Å². The molecule has 2 amide bonds. The number of fused-ring (bicyclic) bond motifs is 1. The molecule has 1 atom stereocenters. The number of anilines is 1. The Morgan fingerprint density at radius 2 is 2.06 bits per heavy atom. The zero-order valence-corrected chi connectivity index (χ0v) is 17.5. The number of nitrogens with one attached hydrogen (secondary N) is 2. The number of methoxy groups -OCH3 is 1. The highest BCUT2D eigenvalue weighted by Crippen LogP contribution is 2.31. The van der Waals surface area contributed by atoms with Crippen molar-refractivity contribution >= 4 is 28.6 Å². The van der Waals surface area contributed by atoms with E-state index in [2.05, 4.69) is 15.5 Å². The van der Waals surface area contributed by atoms with Crippen LogP contribution in [0.25, 0.3) is 22.2 Å². The molecule has 2 aromatic carbocycles. The topological polar surface area (TPSA) is 100 Å². The van der Waals surface area contributed by atoms with Gasteiger partial charge in [-0.2, -0.15) is 0 Å². The predicted octanol–water partition coefficient (Wildman–Crippen LogP) is 3.96. The van der Waals surface area contributed by atoms with Crippen LogP contribution in [0.4, 0.5) is 5.88 Å². The SMILES string of the molecule is COc1ccccc1-c1cc(NC(=O)C2CCC(=O)N2Cc2c[nH]c3ccccc23)on1. The molecule has 1 unspecified atom stereocenters. The number of para-hydroxylation sites is 2. The Hall–Kier alpha value is -4.07. The van der Waals surface area contributed by atoms with Crippen LogP contribution in [0.1, 0.15) is 18.4 Å². The molecule has 0 bridgehead atoms. The fourth-order valence-corrected chi connectivity index (χ4v) is 4.17. The van der Waals surface area contributed by atoms with E-state index in [-0.39, 0.29) is 17.7 Å². The average Bonchev–Trinajstić information content (AvgIpc) is 3.54. The summed E-state index contributed by atoms with van der Waals surface area (Å²) >= 11 is 0. The lowest BCUT2D eigenvalue weighted by atomic mass is 10.1. The third-order valence-electron chi connectivity index (χ3n) is 5.79. The Kier molecular flexibility index (Phi) is 5.10. The molecule has 1 aliphatic rings. The third kappa shape index (κ3) is 3.60. The quantitative estimate of drug-likeness (QED) is 0.482. The first-order chi connectivity index (χ1) is 15.6. The molecule has 4 aromatic rings. The normalized spacial score (nSPS) is 16.0. The number of carbonyl (C=O) groups excluding carboxylic acids is 2. The van der Waals surface area contributed by atoms with Gasteiger partial charge in [-0.05, 0) is 30.2 Å². The van der Waals surface area contributed by atoms with Gasteiger partial charge in [-0.15, -0.1) is 0 Å². The van der Waals surface area contributed by atoms with Crippen molar-refractivity contribution in [3.8, 4) is 17.0 Å². The number of H-pyrrole nitrogens is 1. The Morgan fingerprint density at radius 3 is 2.94 bits per heavy atom. The smallest absolute Gasteiger partial charge is 0.249 e. The molecule has 0 spiro atoms. The van der Waals surface area contributed by atoms with E-state index in [1.54, 1.807) is 18.1 Å². The van der Waals surface area contributed by atoms with Crippen molar-refractivity contribution < 1.29 is 18.8 Å². The zero-order valence-electron chi connectivity index (χ0n) is 17.5. The minimum atomic E-state index is -0.573. The second-order valence-electron chi connectivity index (χ2n) is 7.70. The minimum Gasteiger partial charge on any atom is -0.496 e. The first-order valence-corrected chi connectivity index (χ1v) is 10.4. The van der Waals surface area contributed by atoms with Crippen LogP contribution < -0.4 is 10.1 Å². The lowest BCUT2D eigenvalue weighted by Crippen LogP contribution is -2.41. The van der Waals surface area contributed by atoms with Gasteiger partial charge in [0.1, 0.15) is 17.5 Å². The average molecular weight is 430 g/mol. The van der Waals surface area contributed by atoms with Crippen molar-refractivity contribution in [3.63, 3.8) is 0 Å². The van der Waals surface area contributed by atoms with Crippen LogP contribution in [0.5, 0.6) is 5.75 Å². The molecule has 0 saturated carbocycles. The van der Waals surface area contributed by atoms with Crippen LogP contribution in [0.2, 0.25) is 0 Å². The van der Waals surface area contributed by atoms with Gasteiger partial charge in [-0.3, -0.25) is 14.9 Å². The van der Waals surface area contributed by atoms with E-state index < -0.39 is 6.04 Å². The number of benzene rings is 2. The second-order valence-corrected chi connectivity index (χ2v) is 7.70. The lowest BCUT2D eigenvalue weighted by Gasteiger charge is -2.23. The summed E-state index contributed by atoms with van der Waals surface area (Å²) in [4.78, 5) is 30.4. The monoisotopic (exact) mass is 430 g/mol. The molecule has 1 fully saturated rings. The highest BCUT2D eigenvalue weighted by Gasteiger charge is 2.36. The van der Waals surface area contributed by atoms with Crippen LogP contribution in [-0.2, 0) is 16.1 Å². The fraction of sp³-hybridized carbons (Fsp3) is 0.208. The molecule has 0 radical (unpaired) electrons. The summed E-state index contributed by atoms with van der Waals surface area (Å²) in [6.45, 7) is 0.365. The maximum Gasteiger partial charge on any atom is 0.249 e. The standard InChI is InChI=1S/C24H22N4O4/c1-31-21-9-5-3-7-17(21)19-12-22(32-27-19)26-24(30)20-10-11-23(29)28(20)14-15-13-25-18-8-4-2-6-16(15)18/h2-9,12-13,20,25H,10-11,14H2,1H3,(H,26,30). The van der Waals surface area contributed by atoms with E-state index in [1.165, 1.54) is 0 Å². The van der Waals surface area contributed by atoms with Crippen molar-refractivity contribution in [2.24, 2.45) is 0 Å². The number of amides is 2. The molecule has 5 rings (SSSR count). The van der Waals surface area contributed by atoms with E-state index in [4.69, 9.17) is 9.26 Å². The zero-order chi connectivity index (χ0) is 22.1. The summed E-state index contributed by atoms with van der Waals surface area (Å²) in [6, 6.07) is 16.4. The number of aromatic amines is 1. The Balaban J connectivity index is 1.33. The number of aromatic nitrogens is 2. The van der Waals surface area contributed by atoms with Gasteiger partial charge < -0.3 is 19.1 Å². The van der Waals surface area contributed by atoms with E-state index in [1.807, 2.05) is 54.7 Å². The van der Waals surface area contributed by atoms with Crippen molar-refractivity contribution in [2.75, 3.05) is 12.4 Å². The van der Waals surface area contributed by atoms with Gasteiger partial charge in [0.25, 0.3) is 0 Å². The van der Waals surface area contributed by atoms with Gasteiger partial charge in [0.2, 0.25) is 17.7 Å². The largest absolute Gasteiger partial charge is 0.496 e. The Labute approximate surface area is 184 Å². The number of ether oxygens (including phenoxy) is 1.